The van der Waals surface area contributed by atoms with E-state index in [1.54, 1.807) is 30.6 Å². The Morgan fingerprint density at radius 3 is 2.68 bits per heavy atom. The van der Waals surface area contributed by atoms with Gasteiger partial charge in [-0.25, -0.2) is 0 Å². The summed E-state index contributed by atoms with van der Waals surface area (Å²) in [5, 5.41) is 12.6. The molecule has 0 saturated carbocycles. The van der Waals surface area contributed by atoms with Crippen LogP contribution in [0.5, 0.6) is 0 Å². The lowest BCUT2D eigenvalue weighted by atomic mass is 10.2. The number of halogens is 2. The third kappa shape index (κ3) is 4.31. The van der Waals surface area contributed by atoms with Crippen molar-refractivity contribution in [3.63, 3.8) is 0 Å². The third-order valence-electron chi connectivity index (χ3n) is 3.31. The molecule has 0 aliphatic rings. The lowest BCUT2D eigenvalue weighted by Gasteiger charge is -2.07. The van der Waals surface area contributed by atoms with E-state index in [9.17, 15) is 4.79 Å². The normalized spacial score (nSPS) is 10.7. The number of aromatic nitrogens is 4. The van der Waals surface area contributed by atoms with Crippen molar-refractivity contribution in [1.29, 1.82) is 0 Å². The van der Waals surface area contributed by atoms with Crippen LogP contribution in [0, 0.1) is 0 Å². The Labute approximate surface area is 158 Å². The maximum atomic E-state index is 12.1. The van der Waals surface area contributed by atoms with Crippen molar-refractivity contribution in [1.82, 2.24) is 19.7 Å². The molecule has 0 aliphatic carbocycles. The van der Waals surface area contributed by atoms with Crippen LogP contribution in [0.2, 0.25) is 10.0 Å². The number of thioether (sulfide) groups is 1. The summed E-state index contributed by atoms with van der Waals surface area (Å²) in [6.07, 6.45) is 3.39. The summed E-state index contributed by atoms with van der Waals surface area (Å²) in [6, 6.07) is 8.62. The second kappa shape index (κ2) is 7.86. The quantitative estimate of drug-likeness (QED) is 0.665. The Bertz CT molecular complexity index is 901. The van der Waals surface area contributed by atoms with E-state index in [2.05, 4.69) is 20.5 Å². The van der Waals surface area contributed by atoms with E-state index in [0.29, 0.717) is 26.7 Å². The first-order valence-electron chi connectivity index (χ1n) is 7.22. The molecule has 0 saturated heterocycles. The van der Waals surface area contributed by atoms with Gasteiger partial charge in [0.25, 0.3) is 0 Å². The Kier molecular flexibility index (Phi) is 5.57. The van der Waals surface area contributed by atoms with Gasteiger partial charge in [0.1, 0.15) is 0 Å². The molecule has 3 rings (SSSR count). The number of carbonyl (C=O) groups is 1. The summed E-state index contributed by atoms with van der Waals surface area (Å²) in [7, 11) is 1.85. The van der Waals surface area contributed by atoms with Crippen LogP contribution in [-0.4, -0.2) is 31.4 Å². The molecule has 25 heavy (non-hydrogen) atoms. The minimum Gasteiger partial charge on any atom is -0.324 e. The highest BCUT2D eigenvalue weighted by atomic mass is 35.5. The van der Waals surface area contributed by atoms with E-state index in [1.165, 1.54) is 11.8 Å². The van der Waals surface area contributed by atoms with Gasteiger partial charge in [-0.05, 0) is 30.3 Å². The summed E-state index contributed by atoms with van der Waals surface area (Å²) < 4.78 is 1.84. The molecule has 2 heterocycles. The van der Waals surface area contributed by atoms with Crippen LogP contribution in [0.1, 0.15) is 0 Å². The lowest BCUT2D eigenvalue weighted by Crippen LogP contribution is -2.14. The number of carbonyl (C=O) groups excluding carboxylic acids is 1. The highest BCUT2D eigenvalue weighted by Crippen LogP contribution is 2.26. The molecule has 0 spiro atoms. The number of pyridine rings is 1. The smallest absolute Gasteiger partial charge is 0.234 e. The summed E-state index contributed by atoms with van der Waals surface area (Å²) in [4.78, 5) is 16.1. The second-order valence-electron chi connectivity index (χ2n) is 5.06. The van der Waals surface area contributed by atoms with E-state index in [1.807, 2.05) is 23.7 Å². The predicted octanol–water partition coefficient (Wildman–Crippen LogP) is 3.91. The van der Waals surface area contributed by atoms with Gasteiger partial charge in [-0.1, -0.05) is 35.0 Å². The van der Waals surface area contributed by atoms with Crippen molar-refractivity contribution >= 4 is 46.6 Å². The molecule has 0 aliphatic heterocycles. The number of anilines is 1. The number of hydrogen-bond acceptors (Lipinski definition) is 5. The van der Waals surface area contributed by atoms with Crippen molar-refractivity contribution in [2.45, 2.75) is 5.16 Å². The zero-order chi connectivity index (χ0) is 17.8. The van der Waals surface area contributed by atoms with E-state index in [-0.39, 0.29) is 11.7 Å². The van der Waals surface area contributed by atoms with E-state index in [0.717, 1.165) is 5.56 Å². The first kappa shape index (κ1) is 17.7. The van der Waals surface area contributed by atoms with Crippen molar-refractivity contribution in [2.24, 2.45) is 7.05 Å². The van der Waals surface area contributed by atoms with Crippen LogP contribution in [0.3, 0.4) is 0 Å². The molecule has 6 nitrogen and oxygen atoms in total. The molecule has 0 bridgehead atoms. The van der Waals surface area contributed by atoms with E-state index in [4.69, 9.17) is 23.2 Å². The Hall–Kier alpha value is -2.09. The van der Waals surface area contributed by atoms with Gasteiger partial charge in [0, 0.05) is 30.0 Å². The van der Waals surface area contributed by atoms with Crippen LogP contribution in [0.15, 0.2) is 47.9 Å². The van der Waals surface area contributed by atoms with Crippen molar-refractivity contribution in [3.05, 3.63) is 52.8 Å². The number of hydrogen-bond donors (Lipinski definition) is 1. The molecule has 0 radical (unpaired) electrons. The lowest BCUT2D eigenvalue weighted by molar-refractivity contribution is -0.113. The molecule has 3 aromatic rings. The van der Waals surface area contributed by atoms with Crippen LogP contribution in [0.25, 0.3) is 11.4 Å². The summed E-state index contributed by atoms with van der Waals surface area (Å²) >= 11 is 13.2. The standard InChI is InChI=1S/C16H13Cl2N5OS/c1-23-15(10-4-6-19-7-5-10)21-22-16(23)25-9-14(24)20-13-3-2-11(17)8-12(13)18/h2-8H,9H2,1H3,(H,20,24). The third-order valence-corrected chi connectivity index (χ3v) is 4.88. The Balaban J connectivity index is 1.64. The fourth-order valence-electron chi connectivity index (χ4n) is 2.10. The van der Waals surface area contributed by atoms with Gasteiger partial charge in [-0.3, -0.25) is 9.78 Å². The average molecular weight is 394 g/mol. The zero-order valence-corrected chi connectivity index (χ0v) is 15.4. The van der Waals surface area contributed by atoms with Crippen molar-refractivity contribution in [2.75, 3.05) is 11.1 Å². The zero-order valence-electron chi connectivity index (χ0n) is 13.1. The molecule has 0 fully saturated rings. The minimum atomic E-state index is -0.192. The first-order valence-corrected chi connectivity index (χ1v) is 8.96. The molecular formula is C16H13Cl2N5OS. The molecular weight excluding hydrogens is 381 g/mol. The van der Waals surface area contributed by atoms with E-state index >= 15 is 0 Å². The highest BCUT2D eigenvalue weighted by molar-refractivity contribution is 7.99. The van der Waals surface area contributed by atoms with Crippen LogP contribution in [0.4, 0.5) is 5.69 Å². The van der Waals surface area contributed by atoms with Gasteiger partial charge >= 0.3 is 0 Å². The molecule has 0 atom stereocenters. The summed E-state index contributed by atoms with van der Waals surface area (Å²) in [5.74, 6) is 0.704. The van der Waals surface area contributed by atoms with E-state index < -0.39 is 0 Å². The average Bonchev–Trinajstić information content (AvgIpc) is 2.97. The fraction of sp³-hybridized carbons (Fsp3) is 0.125. The molecule has 1 amide bonds. The number of rotatable bonds is 5. The van der Waals surface area contributed by atoms with Gasteiger partial charge < -0.3 is 9.88 Å². The minimum absolute atomic E-state index is 0.182. The molecule has 0 unspecified atom stereocenters. The fourth-order valence-corrected chi connectivity index (χ4v) is 3.27. The van der Waals surface area contributed by atoms with Gasteiger partial charge in [-0.2, -0.15) is 0 Å². The molecule has 1 aromatic carbocycles. The second-order valence-corrected chi connectivity index (χ2v) is 6.85. The van der Waals surface area contributed by atoms with Gasteiger partial charge in [0.2, 0.25) is 5.91 Å². The number of nitrogens with one attached hydrogen (secondary N) is 1. The predicted molar refractivity (Wildman–Crippen MR) is 100 cm³/mol. The maximum Gasteiger partial charge on any atom is 0.234 e. The Morgan fingerprint density at radius 2 is 1.96 bits per heavy atom. The molecule has 128 valence electrons. The summed E-state index contributed by atoms with van der Waals surface area (Å²) in [5.41, 5.74) is 1.43. The first-order chi connectivity index (χ1) is 12.0. The van der Waals surface area contributed by atoms with Crippen molar-refractivity contribution in [3.8, 4) is 11.4 Å². The summed E-state index contributed by atoms with van der Waals surface area (Å²) in [6.45, 7) is 0. The monoisotopic (exact) mass is 393 g/mol. The van der Waals surface area contributed by atoms with Crippen LogP contribution < -0.4 is 5.32 Å². The largest absolute Gasteiger partial charge is 0.324 e. The van der Waals surface area contributed by atoms with Crippen molar-refractivity contribution < 1.29 is 4.79 Å². The highest BCUT2D eigenvalue weighted by Gasteiger charge is 2.13. The number of nitrogens with zero attached hydrogens (tertiary/aromatic N) is 4. The van der Waals surface area contributed by atoms with Gasteiger partial charge in [-0.15, -0.1) is 10.2 Å². The van der Waals surface area contributed by atoms with Gasteiger partial charge in [0.05, 0.1) is 16.5 Å². The Morgan fingerprint density at radius 1 is 1.20 bits per heavy atom. The molecule has 2 aromatic heterocycles. The molecule has 1 N–H and O–H groups in total. The van der Waals surface area contributed by atoms with Crippen LogP contribution in [-0.2, 0) is 11.8 Å². The number of benzene rings is 1. The molecule has 9 heteroatoms. The number of amides is 1. The topological polar surface area (TPSA) is 72.7 Å². The van der Waals surface area contributed by atoms with Crippen LogP contribution >= 0.6 is 35.0 Å². The maximum absolute atomic E-state index is 12.1. The SMILES string of the molecule is Cn1c(SCC(=O)Nc2ccc(Cl)cc2Cl)nnc1-c1ccncc1. The van der Waals surface area contributed by atoms with Gasteiger partial charge in [0.15, 0.2) is 11.0 Å².